The molecule has 1 aromatic carbocycles. The van der Waals surface area contributed by atoms with Gasteiger partial charge in [-0.3, -0.25) is 9.59 Å². The highest BCUT2D eigenvalue weighted by Crippen LogP contribution is 2.47. The van der Waals surface area contributed by atoms with E-state index in [1.54, 1.807) is 16.4 Å². The molecule has 0 N–H and O–H groups in total. The van der Waals surface area contributed by atoms with Crippen LogP contribution in [-0.2, 0) is 17.9 Å². The number of pyridine rings is 1. The van der Waals surface area contributed by atoms with Crippen molar-refractivity contribution < 1.29 is 23.5 Å². The van der Waals surface area contributed by atoms with E-state index in [4.69, 9.17) is 9.47 Å². The first-order chi connectivity index (χ1) is 15.0. The fourth-order valence-electron chi connectivity index (χ4n) is 5.16. The van der Waals surface area contributed by atoms with Crippen LogP contribution in [0.3, 0.4) is 0 Å². The van der Waals surface area contributed by atoms with E-state index in [1.807, 2.05) is 30.3 Å². The third-order valence-electron chi connectivity index (χ3n) is 6.53. The summed E-state index contributed by atoms with van der Waals surface area (Å²) < 4.78 is 26.9. The van der Waals surface area contributed by atoms with Crippen LogP contribution in [0.4, 0.5) is 4.39 Å². The van der Waals surface area contributed by atoms with Crippen LogP contribution in [0.1, 0.15) is 46.2 Å². The summed E-state index contributed by atoms with van der Waals surface area (Å²) in [5.41, 5.74) is 0.0346. The minimum absolute atomic E-state index is 0.0594. The third kappa shape index (κ3) is 3.12. The fourth-order valence-corrected chi connectivity index (χ4v) is 5.16. The molecule has 1 unspecified atom stereocenters. The van der Waals surface area contributed by atoms with Gasteiger partial charge in [0.05, 0.1) is 18.7 Å². The minimum Gasteiger partial charge on any atom is -0.483 e. The van der Waals surface area contributed by atoms with Crippen LogP contribution >= 0.6 is 0 Å². The highest BCUT2D eigenvalue weighted by atomic mass is 19.1. The maximum atomic E-state index is 14.4. The zero-order valence-corrected chi connectivity index (χ0v) is 17.1. The molecule has 1 aliphatic carbocycles. The van der Waals surface area contributed by atoms with Gasteiger partial charge in [0.15, 0.2) is 11.4 Å². The van der Waals surface area contributed by atoms with Crippen LogP contribution < -0.4 is 10.2 Å². The number of piperidine rings is 1. The quantitative estimate of drug-likeness (QED) is 0.687. The van der Waals surface area contributed by atoms with Crippen LogP contribution in [0.2, 0.25) is 0 Å². The van der Waals surface area contributed by atoms with Crippen molar-refractivity contribution in [3.63, 3.8) is 0 Å². The second-order valence-electron chi connectivity index (χ2n) is 8.29. The maximum absolute atomic E-state index is 14.4. The molecule has 1 amide bonds. The van der Waals surface area contributed by atoms with Gasteiger partial charge in [-0.05, 0) is 31.2 Å². The number of carbonyl (C=O) groups is 2. The Balaban J connectivity index is 1.59. The van der Waals surface area contributed by atoms with E-state index in [9.17, 15) is 18.8 Å². The number of aromatic nitrogens is 1. The van der Waals surface area contributed by atoms with Crippen molar-refractivity contribution in [1.29, 1.82) is 0 Å². The van der Waals surface area contributed by atoms with Gasteiger partial charge in [-0.2, -0.15) is 0 Å². The Morgan fingerprint density at radius 2 is 1.94 bits per heavy atom. The number of fused-ring (bicyclic) bond motifs is 6. The largest absolute Gasteiger partial charge is 0.483 e. The van der Waals surface area contributed by atoms with Gasteiger partial charge in [0.1, 0.15) is 18.3 Å². The minimum atomic E-state index is -1.05. The van der Waals surface area contributed by atoms with E-state index in [0.717, 1.165) is 5.56 Å². The van der Waals surface area contributed by atoms with Crippen molar-refractivity contribution in [3.8, 4) is 5.75 Å². The normalized spacial score (nSPS) is 25.9. The van der Waals surface area contributed by atoms with Gasteiger partial charge >= 0.3 is 5.97 Å². The predicted molar refractivity (Wildman–Crippen MR) is 109 cm³/mol. The first-order valence-corrected chi connectivity index (χ1v) is 10.6. The maximum Gasteiger partial charge on any atom is 0.343 e. The average molecular weight is 426 g/mol. The summed E-state index contributed by atoms with van der Waals surface area (Å²) >= 11 is 0. The van der Waals surface area contributed by atoms with Crippen molar-refractivity contribution in [3.05, 3.63) is 63.6 Å². The van der Waals surface area contributed by atoms with Gasteiger partial charge in [0.2, 0.25) is 5.43 Å². The molecule has 4 atom stereocenters. The number of rotatable bonds is 5. The molecule has 2 fully saturated rings. The van der Waals surface area contributed by atoms with Crippen molar-refractivity contribution in [2.75, 3.05) is 6.61 Å². The Bertz CT molecular complexity index is 1100. The Kier molecular flexibility index (Phi) is 4.79. The summed E-state index contributed by atoms with van der Waals surface area (Å²) in [5.74, 6) is -1.27. The van der Waals surface area contributed by atoms with Crippen LogP contribution in [0.5, 0.6) is 5.75 Å². The van der Waals surface area contributed by atoms with Gasteiger partial charge in [0.25, 0.3) is 5.91 Å². The van der Waals surface area contributed by atoms with Crippen molar-refractivity contribution in [2.24, 2.45) is 5.92 Å². The van der Waals surface area contributed by atoms with Crippen LogP contribution in [0, 0.1) is 5.92 Å². The van der Waals surface area contributed by atoms with Crippen molar-refractivity contribution >= 4 is 11.9 Å². The van der Waals surface area contributed by atoms with Crippen LogP contribution in [-0.4, -0.2) is 46.2 Å². The first kappa shape index (κ1) is 19.8. The Labute approximate surface area is 178 Å². The summed E-state index contributed by atoms with van der Waals surface area (Å²) in [7, 11) is 0. The van der Waals surface area contributed by atoms with Gasteiger partial charge in [-0.25, -0.2) is 9.18 Å². The Morgan fingerprint density at radius 1 is 1.16 bits per heavy atom. The Morgan fingerprint density at radius 3 is 2.68 bits per heavy atom. The van der Waals surface area contributed by atoms with E-state index in [1.165, 1.54) is 6.20 Å². The molecule has 2 aromatic rings. The third-order valence-corrected chi connectivity index (χ3v) is 6.53. The van der Waals surface area contributed by atoms with E-state index in [-0.39, 0.29) is 42.2 Å². The zero-order chi connectivity index (χ0) is 21.7. The number of hydrogen-bond donors (Lipinski definition) is 0. The molecule has 1 aromatic heterocycles. The number of halogens is 1. The van der Waals surface area contributed by atoms with Gasteiger partial charge in [-0.15, -0.1) is 0 Å². The second-order valence-corrected chi connectivity index (χ2v) is 8.29. The number of hydrogen-bond acceptors (Lipinski definition) is 5. The van der Waals surface area contributed by atoms with Crippen molar-refractivity contribution in [2.45, 2.75) is 51.2 Å². The number of alkyl halides is 1. The lowest BCUT2D eigenvalue weighted by Crippen LogP contribution is -2.55. The molecule has 0 radical (unpaired) electrons. The number of ether oxygens (including phenoxy) is 2. The monoisotopic (exact) mass is 426 g/mol. The lowest BCUT2D eigenvalue weighted by molar-refractivity contribution is 0.0310. The summed E-state index contributed by atoms with van der Waals surface area (Å²) in [4.78, 5) is 40.6. The van der Waals surface area contributed by atoms with Gasteiger partial charge in [-0.1, -0.05) is 30.3 Å². The smallest absolute Gasteiger partial charge is 0.343 e. The molecular formula is C23H23FN2O5. The topological polar surface area (TPSA) is 77.8 Å². The summed E-state index contributed by atoms with van der Waals surface area (Å²) in [5, 5.41) is 0. The molecule has 3 heterocycles. The summed E-state index contributed by atoms with van der Waals surface area (Å²) in [6.45, 7) is 2.23. The molecule has 0 spiro atoms. The number of nitrogens with zero attached hydrogens (tertiary/aromatic N) is 2. The SMILES string of the molecule is CCOC(=O)c1cn2c(c(OCc3ccccc3)c1=O)C(=O)N1C3C[C@H](C[C@@H]3F)[C@H]1C2. The number of esters is 1. The second kappa shape index (κ2) is 7.51. The Hall–Kier alpha value is -3.16. The molecule has 8 heteroatoms. The molecule has 7 nitrogen and oxygen atoms in total. The molecular weight excluding hydrogens is 403 g/mol. The van der Waals surface area contributed by atoms with E-state index < -0.39 is 29.5 Å². The van der Waals surface area contributed by atoms with Crippen LogP contribution in [0.15, 0.2) is 41.3 Å². The lowest BCUT2D eigenvalue weighted by atomic mass is 9.95. The van der Waals surface area contributed by atoms with E-state index in [0.29, 0.717) is 19.4 Å². The number of amides is 1. The predicted octanol–water partition coefficient (Wildman–Crippen LogP) is 2.56. The zero-order valence-electron chi connectivity index (χ0n) is 17.1. The fraction of sp³-hybridized carbons (Fsp3) is 0.435. The van der Waals surface area contributed by atoms with Crippen LogP contribution in [0.25, 0.3) is 0 Å². The first-order valence-electron chi connectivity index (χ1n) is 10.6. The van der Waals surface area contributed by atoms with E-state index >= 15 is 0 Å². The molecule has 1 saturated carbocycles. The summed E-state index contributed by atoms with van der Waals surface area (Å²) in [6.07, 6.45) is 1.41. The van der Waals surface area contributed by atoms with Crippen molar-refractivity contribution in [1.82, 2.24) is 9.47 Å². The molecule has 2 bridgehead atoms. The molecule has 2 aliphatic heterocycles. The standard InChI is InChI=1S/C23H23FN2O5/c1-2-30-23(29)15-10-25-11-18-14-8-16(24)17(9-14)26(18)22(28)19(25)21(20(15)27)31-12-13-6-4-3-5-7-13/h3-7,10,14,16-18H,2,8-9,11-12H2,1H3/t14-,16-,17?,18+/m0/s1. The highest BCUT2D eigenvalue weighted by molar-refractivity contribution is 5.98. The number of benzene rings is 1. The molecule has 1 saturated heterocycles. The number of carbonyl (C=O) groups excluding carboxylic acids is 2. The van der Waals surface area contributed by atoms with E-state index in [2.05, 4.69) is 0 Å². The molecule has 31 heavy (non-hydrogen) atoms. The molecule has 162 valence electrons. The van der Waals surface area contributed by atoms with Gasteiger partial charge in [0, 0.05) is 12.7 Å². The summed E-state index contributed by atoms with van der Waals surface area (Å²) in [6, 6.07) is 8.62. The highest BCUT2D eigenvalue weighted by Gasteiger charge is 2.56. The molecule has 3 aliphatic rings. The van der Waals surface area contributed by atoms with Gasteiger partial charge < -0.3 is 18.9 Å². The molecule has 5 rings (SSSR count). The average Bonchev–Trinajstić information content (AvgIpc) is 3.31. The lowest BCUT2D eigenvalue weighted by Gasteiger charge is -2.41.